The van der Waals surface area contributed by atoms with Crippen molar-refractivity contribution in [2.45, 2.75) is 38.8 Å². The fourth-order valence-corrected chi connectivity index (χ4v) is 2.84. The van der Waals surface area contributed by atoms with Crippen LogP contribution in [0.2, 0.25) is 0 Å². The minimum Gasteiger partial charge on any atom is -0.300 e. The van der Waals surface area contributed by atoms with Crippen molar-refractivity contribution in [2.24, 2.45) is 0 Å². The summed E-state index contributed by atoms with van der Waals surface area (Å²) in [6.45, 7) is 6.10. The van der Waals surface area contributed by atoms with Crippen LogP contribution in [-0.4, -0.2) is 22.8 Å². The van der Waals surface area contributed by atoms with Gasteiger partial charge >= 0.3 is 0 Å². The topological polar surface area (TPSA) is 20.3 Å². The predicted octanol–water partition coefficient (Wildman–Crippen LogP) is 3.39. The van der Waals surface area contributed by atoms with Crippen LogP contribution in [0, 0.1) is 0 Å². The summed E-state index contributed by atoms with van der Waals surface area (Å²) in [7, 11) is 0. The molecule has 1 aliphatic heterocycles. The van der Waals surface area contributed by atoms with Gasteiger partial charge in [0.25, 0.3) is 0 Å². The summed E-state index contributed by atoms with van der Waals surface area (Å²) in [6.07, 6.45) is 1.36. The number of benzene rings is 1. The minimum absolute atomic E-state index is 0.0162. The summed E-state index contributed by atoms with van der Waals surface area (Å²) in [4.78, 5) is 13.9. The quantitative estimate of drug-likeness (QED) is 0.833. The van der Waals surface area contributed by atoms with Gasteiger partial charge in [-0.1, -0.05) is 28.1 Å². The van der Waals surface area contributed by atoms with Crippen molar-refractivity contribution >= 4 is 21.7 Å². The molecule has 1 aromatic carbocycles. The Morgan fingerprint density at radius 3 is 2.82 bits per heavy atom. The molecule has 0 spiro atoms. The molecule has 0 aliphatic carbocycles. The molecule has 0 N–H and O–H groups in total. The van der Waals surface area contributed by atoms with Gasteiger partial charge in [-0.25, -0.2) is 0 Å². The standard InChI is InChI=1S/C14H18BrNO/c1-14(2)9-13(17)6-7-16(14)10-11-4-3-5-12(15)8-11/h3-5,8H,6-7,9-10H2,1-2H3. The Bertz CT molecular complexity index is 428. The molecule has 1 saturated heterocycles. The summed E-state index contributed by atoms with van der Waals surface area (Å²) in [5.41, 5.74) is 1.28. The second kappa shape index (κ2) is 4.91. The maximum absolute atomic E-state index is 11.5. The highest BCUT2D eigenvalue weighted by molar-refractivity contribution is 9.10. The van der Waals surface area contributed by atoms with Gasteiger partial charge in [0, 0.05) is 35.9 Å². The summed E-state index contributed by atoms with van der Waals surface area (Å²) in [5, 5.41) is 0. The third-order valence-corrected chi connectivity index (χ3v) is 3.90. The lowest BCUT2D eigenvalue weighted by Gasteiger charge is -2.41. The number of piperidine rings is 1. The monoisotopic (exact) mass is 295 g/mol. The van der Waals surface area contributed by atoms with Crippen LogP contribution in [0.15, 0.2) is 28.7 Å². The lowest BCUT2D eigenvalue weighted by Crippen LogP contribution is -2.49. The Hall–Kier alpha value is -0.670. The number of hydrogen-bond acceptors (Lipinski definition) is 2. The lowest BCUT2D eigenvalue weighted by atomic mass is 9.89. The average Bonchev–Trinajstić information content (AvgIpc) is 2.21. The zero-order valence-electron chi connectivity index (χ0n) is 10.4. The number of ketones is 1. The molecule has 2 nitrogen and oxygen atoms in total. The second-order valence-corrected chi connectivity index (χ2v) is 6.25. The molecule has 1 aliphatic rings. The molecule has 0 atom stereocenters. The van der Waals surface area contributed by atoms with Crippen molar-refractivity contribution in [3.63, 3.8) is 0 Å². The number of likely N-dealkylation sites (tertiary alicyclic amines) is 1. The molecular formula is C14H18BrNO. The number of rotatable bonds is 2. The molecule has 0 amide bonds. The molecule has 92 valence electrons. The molecule has 17 heavy (non-hydrogen) atoms. The van der Waals surface area contributed by atoms with Crippen molar-refractivity contribution in [3.05, 3.63) is 34.3 Å². The van der Waals surface area contributed by atoms with Crippen LogP contribution < -0.4 is 0 Å². The van der Waals surface area contributed by atoms with Crippen LogP contribution in [-0.2, 0) is 11.3 Å². The van der Waals surface area contributed by atoms with Crippen LogP contribution in [0.25, 0.3) is 0 Å². The number of Topliss-reactive ketones (excluding diaryl/α,β-unsaturated/α-hetero) is 1. The minimum atomic E-state index is -0.0162. The van der Waals surface area contributed by atoms with E-state index >= 15 is 0 Å². The zero-order valence-corrected chi connectivity index (χ0v) is 12.0. The fraction of sp³-hybridized carbons (Fsp3) is 0.500. The summed E-state index contributed by atoms with van der Waals surface area (Å²) >= 11 is 3.49. The van der Waals surface area contributed by atoms with Crippen LogP contribution in [0.1, 0.15) is 32.3 Å². The lowest BCUT2D eigenvalue weighted by molar-refractivity contribution is -0.125. The normalized spacial score (nSPS) is 20.5. The number of carbonyl (C=O) groups is 1. The highest BCUT2D eigenvalue weighted by Crippen LogP contribution is 2.27. The van der Waals surface area contributed by atoms with Gasteiger partial charge in [-0.05, 0) is 31.5 Å². The number of carbonyl (C=O) groups excluding carboxylic acids is 1. The van der Waals surface area contributed by atoms with Crippen LogP contribution >= 0.6 is 15.9 Å². The van der Waals surface area contributed by atoms with E-state index in [1.807, 2.05) is 6.07 Å². The summed E-state index contributed by atoms with van der Waals surface area (Å²) in [6, 6.07) is 8.37. The van der Waals surface area contributed by atoms with Crippen molar-refractivity contribution in [1.29, 1.82) is 0 Å². The van der Waals surface area contributed by atoms with E-state index in [0.717, 1.165) is 17.6 Å². The second-order valence-electron chi connectivity index (χ2n) is 5.33. The van der Waals surface area contributed by atoms with Crippen molar-refractivity contribution < 1.29 is 4.79 Å². The highest BCUT2D eigenvalue weighted by atomic mass is 79.9. The van der Waals surface area contributed by atoms with Gasteiger partial charge < -0.3 is 0 Å². The van der Waals surface area contributed by atoms with Crippen LogP contribution in [0.3, 0.4) is 0 Å². The summed E-state index contributed by atoms with van der Waals surface area (Å²) in [5.74, 6) is 0.389. The van der Waals surface area contributed by atoms with Gasteiger partial charge in [-0.2, -0.15) is 0 Å². The van der Waals surface area contributed by atoms with Crippen molar-refractivity contribution in [3.8, 4) is 0 Å². The zero-order chi connectivity index (χ0) is 12.5. The number of hydrogen-bond donors (Lipinski definition) is 0. The van der Waals surface area contributed by atoms with Gasteiger partial charge in [-0.15, -0.1) is 0 Å². The molecule has 0 radical (unpaired) electrons. The first-order valence-corrected chi connectivity index (χ1v) is 6.78. The van der Waals surface area contributed by atoms with E-state index in [1.54, 1.807) is 0 Å². The van der Waals surface area contributed by atoms with Gasteiger partial charge in [0.1, 0.15) is 5.78 Å². The number of nitrogens with zero attached hydrogens (tertiary/aromatic N) is 1. The maximum atomic E-state index is 11.5. The fourth-order valence-electron chi connectivity index (χ4n) is 2.39. The molecule has 2 rings (SSSR count). The molecular weight excluding hydrogens is 278 g/mol. The third kappa shape index (κ3) is 3.17. The molecule has 0 bridgehead atoms. The Kier molecular flexibility index (Phi) is 3.69. The maximum Gasteiger partial charge on any atom is 0.136 e. The van der Waals surface area contributed by atoms with E-state index in [1.165, 1.54) is 5.56 Å². The SMILES string of the molecule is CC1(C)CC(=O)CCN1Cc1cccc(Br)c1. The smallest absolute Gasteiger partial charge is 0.136 e. The van der Waals surface area contributed by atoms with Crippen LogP contribution in [0.4, 0.5) is 0 Å². The van der Waals surface area contributed by atoms with E-state index in [9.17, 15) is 4.79 Å². The largest absolute Gasteiger partial charge is 0.300 e. The van der Waals surface area contributed by atoms with Crippen LogP contribution in [0.5, 0.6) is 0 Å². The first kappa shape index (κ1) is 12.8. The Labute approximate surface area is 111 Å². The molecule has 0 saturated carbocycles. The van der Waals surface area contributed by atoms with E-state index in [0.29, 0.717) is 18.6 Å². The Morgan fingerprint density at radius 2 is 2.18 bits per heavy atom. The van der Waals surface area contributed by atoms with Gasteiger partial charge in [0.15, 0.2) is 0 Å². The van der Waals surface area contributed by atoms with E-state index in [4.69, 9.17) is 0 Å². The average molecular weight is 296 g/mol. The first-order chi connectivity index (χ1) is 7.97. The molecule has 1 heterocycles. The third-order valence-electron chi connectivity index (χ3n) is 3.41. The predicted molar refractivity (Wildman–Crippen MR) is 72.9 cm³/mol. The van der Waals surface area contributed by atoms with Gasteiger partial charge in [0.05, 0.1) is 0 Å². The van der Waals surface area contributed by atoms with E-state index in [2.05, 4.69) is 52.9 Å². The molecule has 3 heteroatoms. The Morgan fingerprint density at radius 1 is 1.41 bits per heavy atom. The van der Waals surface area contributed by atoms with E-state index in [-0.39, 0.29) is 5.54 Å². The number of halogens is 1. The molecule has 0 aromatic heterocycles. The Balaban J connectivity index is 2.10. The molecule has 1 aromatic rings. The first-order valence-electron chi connectivity index (χ1n) is 5.98. The van der Waals surface area contributed by atoms with E-state index < -0.39 is 0 Å². The van der Waals surface area contributed by atoms with Crippen molar-refractivity contribution in [1.82, 2.24) is 4.90 Å². The van der Waals surface area contributed by atoms with Crippen molar-refractivity contribution in [2.75, 3.05) is 6.54 Å². The van der Waals surface area contributed by atoms with Gasteiger partial charge in [0.2, 0.25) is 0 Å². The molecule has 1 fully saturated rings. The highest BCUT2D eigenvalue weighted by Gasteiger charge is 2.33. The van der Waals surface area contributed by atoms with Gasteiger partial charge in [-0.3, -0.25) is 9.69 Å². The summed E-state index contributed by atoms with van der Waals surface area (Å²) < 4.78 is 1.11. The molecule has 0 unspecified atom stereocenters.